The van der Waals surface area contributed by atoms with E-state index in [-0.39, 0.29) is 0 Å². The minimum Gasteiger partial charge on any atom is -0.492 e. The molecule has 0 atom stereocenters. The zero-order valence-electron chi connectivity index (χ0n) is 17.7. The molecule has 0 fully saturated rings. The smallest absolute Gasteiger partial charge is 0.193 e. The third-order valence-corrected chi connectivity index (χ3v) is 5.55. The molecule has 1 N–H and O–H groups in total. The minimum atomic E-state index is -3.16. The van der Waals surface area contributed by atoms with E-state index < -0.39 is 9.84 Å². The summed E-state index contributed by atoms with van der Waals surface area (Å²) in [6, 6.07) is 15.0. The van der Waals surface area contributed by atoms with Gasteiger partial charge in [-0.15, -0.1) is 0 Å². The van der Waals surface area contributed by atoms with Gasteiger partial charge in [0, 0.05) is 26.4 Å². The predicted molar refractivity (Wildman–Crippen MR) is 119 cm³/mol. The number of ether oxygens (including phenoxy) is 1. The number of sulfone groups is 1. The van der Waals surface area contributed by atoms with E-state index in [0.29, 0.717) is 24.6 Å². The monoisotopic (exact) mass is 417 g/mol. The summed E-state index contributed by atoms with van der Waals surface area (Å²) >= 11 is 0. The molecule has 0 saturated carbocycles. The number of nitrogens with one attached hydrogen (secondary N) is 1. The number of hydrogen-bond donors (Lipinski definition) is 1. The summed E-state index contributed by atoms with van der Waals surface area (Å²) in [7, 11) is -1.17. The summed E-state index contributed by atoms with van der Waals surface area (Å²) in [5, 5.41) is 3.29. The second-order valence-electron chi connectivity index (χ2n) is 6.98. The van der Waals surface area contributed by atoms with Crippen LogP contribution in [0.5, 0.6) is 5.75 Å². The second kappa shape index (κ2) is 10.9. The molecule has 158 valence electrons. The van der Waals surface area contributed by atoms with E-state index >= 15 is 0 Å². The van der Waals surface area contributed by atoms with Crippen LogP contribution in [0.2, 0.25) is 0 Å². The standard InChI is InChI=1S/C22H31N3O3S/c1-5-23-22(25(3)16-17-28-20-10-6-18(2)7-11-20)24-15-14-19-8-12-21(13-9-19)29(4,26)27/h6-13H,5,14-17H2,1-4H3,(H,23,24). The highest BCUT2D eigenvalue weighted by Crippen LogP contribution is 2.12. The molecule has 0 unspecified atom stereocenters. The van der Waals surface area contributed by atoms with Gasteiger partial charge in [0.2, 0.25) is 0 Å². The predicted octanol–water partition coefficient (Wildman–Crippen LogP) is 2.92. The second-order valence-corrected chi connectivity index (χ2v) is 9.00. The molecule has 0 amide bonds. The molecular weight excluding hydrogens is 386 g/mol. The molecule has 0 aliphatic rings. The van der Waals surface area contributed by atoms with Crippen LogP contribution in [0.4, 0.5) is 0 Å². The number of likely N-dealkylation sites (N-methyl/N-ethyl adjacent to an activating group) is 1. The summed E-state index contributed by atoms with van der Waals surface area (Å²) in [4.78, 5) is 7.06. The van der Waals surface area contributed by atoms with E-state index in [1.807, 2.05) is 55.3 Å². The van der Waals surface area contributed by atoms with Gasteiger partial charge in [0.05, 0.1) is 11.4 Å². The number of aliphatic imine (C=N–C) groups is 1. The van der Waals surface area contributed by atoms with Crippen molar-refractivity contribution in [2.24, 2.45) is 4.99 Å². The molecule has 6 nitrogen and oxygen atoms in total. The Bertz CT molecular complexity index is 892. The van der Waals surface area contributed by atoms with Crippen molar-refractivity contribution in [3.05, 3.63) is 59.7 Å². The molecule has 2 aromatic carbocycles. The van der Waals surface area contributed by atoms with E-state index in [1.54, 1.807) is 12.1 Å². The fourth-order valence-electron chi connectivity index (χ4n) is 2.70. The minimum absolute atomic E-state index is 0.339. The zero-order valence-corrected chi connectivity index (χ0v) is 18.5. The van der Waals surface area contributed by atoms with Gasteiger partial charge in [-0.25, -0.2) is 8.42 Å². The van der Waals surface area contributed by atoms with Crippen molar-refractivity contribution < 1.29 is 13.2 Å². The van der Waals surface area contributed by atoms with Crippen molar-refractivity contribution in [3.8, 4) is 5.75 Å². The number of nitrogens with zero attached hydrogens (tertiary/aromatic N) is 2. The largest absolute Gasteiger partial charge is 0.492 e. The normalized spacial score (nSPS) is 11.9. The van der Waals surface area contributed by atoms with Gasteiger partial charge < -0.3 is 15.0 Å². The number of benzene rings is 2. The van der Waals surface area contributed by atoms with E-state index in [1.165, 1.54) is 11.8 Å². The fraction of sp³-hybridized carbons (Fsp3) is 0.409. The van der Waals surface area contributed by atoms with Gasteiger partial charge in [0.15, 0.2) is 15.8 Å². The van der Waals surface area contributed by atoms with Crippen LogP contribution in [0.15, 0.2) is 58.4 Å². The van der Waals surface area contributed by atoms with E-state index in [9.17, 15) is 8.42 Å². The average molecular weight is 418 g/mol. The fourth-order valence-corrected chi connectivity index (χ4v) is 3.34. The Labute approximate surface area is 174 Å². The Kier molecular flexibility index (Phi) is 8.51. The van der Waals surface area contributed by atoms with Gasteiger partial charge >= 0.3 is 0 Å². The Morgan fingerprint density at radius 3 is 2.34 bits per heavy atom. The Morgan fingerprint density at radius 2 is 1.76 bits per heavy atom. The molecule has 7 heteroatoms. The molecule has 0 radical (unpaired) electrons. The highest BCUT2D eigenvalue weighted by molar-refractivity contribution is 7.90. The Morgan fingerprint density at radius 1 is 1.10 bits per heavy atom. The first kappa shape index (κ1) is 22.7. The molecule has 0 aliphatic carbocycles. The lowest BCUT2D eigenvalue weighted by Crippen LogP contribution is -2.41. The van der Waals surface area contributed by atoms with Crippen molar-refractivity contribution in [1.82, 2.24) is 10.2 Å². The van der Waals surface area contributed by atoms with E-state index in [0.717, 1.165) is 30.2 Å². The van der Waals surface area contributed by atoms with Gasteiger partial charge in [-0.3, -0.25) is 4.99 Å². The molecule has 2 rings (SSSR count). The molecule has 0 aliphatic heterocycles. The maximum absolute atomic E-state index is 11.5. The topological polar surface area (TPSA) is 71.0 Å². The average Bonchev–Trinajstić information content (AvgIpc) is 2.68. The summed E-state index contributed by atoms with van der Waals surface area (Å²) < 4.78 is 28.9. The third-order valence-electron chi connectivity index (χ3n) is 4.43. The van der Waals surface area contributed by atoms with Crippen LogP contribution in [0, 0.1) is 6.92 Å². The lowest BCUT2D eigenvalue weighted by atomic mass is 10.1. The van der Waals surface area contributed by atoms with Crippen molar-refractivity contribution in [1.29, 1.82) is 0 Å². The molecule has 2 aromatic rings. The number of hydrogen-bond acceptors (Lipinski definition) is 4. The van der Waals surface area contributed by atoms with Crippen LogP contribution in [0.1, 0.15) is 18.1 Å². The summed E-state index contributed by atoms with van der Waals surface area (Å²) in [5.41, 5.74) is 2.27. The van der Waals surface area contributed by atoms with Crippen LogP contribution in [0.25, 0.3) is 0 Å². The highest BCUT2D eigenvalue weighted by atomic mass is 32.2. The number of aryl methyl sites for hydroxylation is 1. The lowest BCUT2D eigenvalue weighted by Gasteiger charge is -2.22. The highest BCUT2D eigenvalue weighted by Gasteiger charge is 2.07. The van der Waals surface area contributed by atoms with Crippen LogP contribution < -0.4 is 10.1 Å². The Balaban J connectivity index is 1.86. The van der Waals surface area contributed by atoms with Crippen LogP contribution in [-0.2, 0) is 16.3 Å². The molecular formula is C22H31N3O3S. The van der Waals surface area contributed by atoms with Crippen LogP contribution >= 0.6 is 0 Å². The lowest BCUT2D eigenvalue weighted by molar-refractivity contribution is 0.281. The van der Waals surface area contributed by atoms with Gasteiger partial charge in [0.25, 0.3) is 0 Å². The Hall–Kier alpha value is -2.54. The molecule has 0 bridgehead atoms. The maximum atomic E-state index is 11.5. The number of rotatable bonds is 9. The van der Waals surface area contributed by atoms with E-state index in [2.05, 4.69) is 17.2 Å². The van der Waals surface area contributed by atoms with Crippen LogP contribution in [-0.4, -0.2) is 58.8 Å². The summed E-state index contributed by atoms with van der Waals surface area (Å²) in [6.07, 6.45) is 1.96. The van der Waals surface area contributed by atoms with E-state index in [4.69, 9.17) is 4.74 Å². The van der Waals surface area contributed by atoms with Gasteiger partial charge in [-0.1, -0.05) is 29.8 Å². The van der Waals surface area contributed by atoms with Crippen molar-refractivity contribution in [2.45, 2.75) is 25.2 Å². The van der Waals surface area contributed by atoms with Crippen LogP contribution in [0.3, 0.4) is 0 Å². The SMILES string of the molecule is CCNC(=NCCc1ccc(S(C)(=O)=O)cc1)N(C)CCOc1ccc(C)cc1. The zero-order chi connectivity index (χ0) is 21.3. The van der Waals surface area contributed by atoms with Gasteiger partial charge in [-0.05, 0) is 50.1 Å². The first-order chi connectivity index (χ1) is 13.8. The van der Waals surface area contributed by atoms with Crippen molar-refractivity contribution in [2.75, 3.05) is 39.5 Å². The first-order valence-electron chi connectivity index (χ1n) is 9.77. The molecule has 0 saturated heterocycles. The van der Waals surface area contributed by atoms with Crippen molar-refractivity contribution in [3.63, 3.8) is 0 Å². The first-order valence-corrected chi connectivity index (χ1v) is 11.7. The van der Waals surface area contributed by atoms with Gasteiger partial charge in [-0.2, -0.15) is 0 Å². The molecule has 0 aromatic heterocycles. The number of guanidine groups is 1. The van der Waals surface area contributed by atoms with Crippen molar-refractivity contribution >= 4 is 15.8 Å². The maximum Gasteiger partial charge on any atom is 0.193 e. The third kappa shape index (κ3) is 7.77. The molecule has 29 heavy (non-hydrogen) atoms. The molecule has 0 heterocycles. The summed E-state index contributed by atoms with van der Waals surface area (Å²) in [6.45, 7) is 6.77. The van der Waals surface area contributed by atoms with Gasteiger partial charge in [0.1, 0.15) is 12.4 Å². The summed E-state index contributed by atoms with van der Waals surface area (Å²) in [5.74, 6) is 1.69. The quantitative estimate of drug-likeness (QED) is 0.502. The molecule has 0 spiro atoms.